The van der Waals surface area contributed by atoms with Crippen molar-refractivity contribution in [2.45, 2.75) is 25.3 Å². The van der Waals surface area contributed by atoms with E-state index in [0.717, 1.165) is 53.9 Å². The Bertz CT molecular complexity index is 742. The summed E-state index contributed by atoms with van der Waals surface area (Å²) in [4.78, 5) is 12.7. The van der Waals surface area contributed by atoms with Gasteiger partial charge in [0.1, 0.15) is 12.4 Å². The molecule has 1 atom stereocenters. The molecule has 1 unspecified atom stereocenters. The van der Waals surface area contributed by atoms with E-state index in [9.17, 15) is 4.79 Å². The van der Waals surface area contributed by atoms with Crippen LogP contribution in [0.3, 0.4) is 0 Å². The number of hydrogen-bond donors (Lipinski definition) is 2. The molecule has 2 heterocycles. The molecule has 4 nitrogen and oxygen atoms in total. The molecule has 0 aromatic heterocycles. The monoisotopic (exact) mass is 308 g/mol. The second-order valence-electron chi connectivity index (χ2n) is 6.16. The summed E-state index contributed by atoms with van der Waals surface area (Å²) in [5.74, 6) is 0.929. The number of carbonyl (C=O) groups excluding carboxylic acids is 1. The molecule has 0 saturated heterocycles. The Morgan fingerprint density at radius 2 is 2.09 bits per heavy atom. The third kappa shape index (κ3) is 2.77. The molecule has 0 fully saturated rings. The van der Waals surface area contributed by atoms with Crippen LogP contribution in [0, 0.1) is 0 Å². The van der Waals surface area contributed by atoms with Crippen molar-refractivity contribution in [3.05, 3.63) is 59.2 Å². The number of rotatable bonds is 2. The van der Waals surface area contributed by atoms with Crippen molar-refractivity contribution in [3.63, 3.8) is 0 Å². The van der Waals surface area contributed by atoms with Gasteiger partial charge in [0.25, 0.3) is 5.91 Å². The van der Waals surface area contributed by atoms with E-state index in [1.165, 1.54) is 0 Å². The van der Waals surface area contributed by atoms with E-state index in [0.29, 0.717) is 6.61 Å². The van der Waals surface area contributed by atoms with Gasteiger partial charge in [-0.05, 0) is 48.6 Å². The van der Waals surface area contributed by atoms with Gasteiger partial charge in [0, 0.05) is 17.8 Å². The molecule has 4 heteroatoms. The number of benzene rings is 2. The maximum absolute atomic E-state index is 12.7. The second kappa shape index (κ2) is 5.95. The number of amides is 1. The van der Waals surface area contributed by atoms with Crippen LogP contribution in [0.2, 0.25) is 0 Å². The summed E-state index contributed by atoms with van der Waals surface area (Å²) >= 11 is 0. The zero-order valence-corrected chi connectivity index (χ0v) is 13.0. The average molecular weight is 308 g/mol. The number of carbonyl (C=O) groups is 1. The van der Waals surface area contributed by atoms with Gasteiger partial charge in [-0.3, -0.25) is 4.79 Å². The molecular weight excluding hydrogens is 288 g/mol. The Labute approximate surface area is 135 Å². The highest BCUT2D eigenvalue weighted by Gasteiger charge is 2.23. The number of anilines is 1. The van der Waals surface area contributed by atoms with Gasteiger partial charge in [-0.15, -0.1) is 0 Å². The fraction of sp³-hybridized carbons (Fsp3) is 0.316. The van der Waals surface area contributed by atoms with Crippen LogP contribution in [-0.4, -0.2) is 25.1 Å². The molecule has 0 bridgehead atoms. The quantitative estimate of drug-likeness (QED) is 0.897. The molecule has 2 aliphatic rings. The highest BCUT2D eigenvalue weighted by atomic mass is 16.5. The number of ether oxygens (including phenoxy) is 1. The molecule has 2 aliphatic heterocycles. The first kappa shape index (κ1) is 14.1. The second-order valence-corrected chi connectivity index (χ2v) is 6.16. The van der Waals surface area contributed by atoms with E-state index in [4.69, 9.17) is 4.74 Å². The Balaban J connectivity index is 1.51. The van der Waals surface area contributed by atoms with Crippen molar-refractivity contribution in [2.75, 3.05) is 18.5 Å². The molecule has 2 aromatic carbocycles. The topological polar surface area (TPSA) is 50.4 Å². The van der Waals surface area contributed by atoms with E-state index in [-0.39, 0.29) is 11.9 Å². The van der Waals surface area contributed by atoms with Gasteiger partial charge in [-0.1, -0.05) is 24.3 Å². The van der Waals surface area contributed by atoms with Crippen LogP contribution in [0.1, 0.15) is 27.9 Å². The molecular formula is C19H20N2O2. The van der Waals surface area contributed by atoms with Gasteiger partial charge in [0.2, 0.25) is 0 Å². The normalized spacial score (nSPS) is 18.9. The van der Waals surface area contributed by atoms with Crippen molar-refractivity contribution in [3.8, 4) is 5.75 Å². The lowest BCUT2D eigenvalue weighted by Gasteiger charge is -2.27. The average Bonchev–Trinajstić information content (AvgIpc) is 2.61. The Hall–Kier alpha value is -2.49. The van der Waals surface area contributed by atoms with Crippen LogP contribution in [-0.2, 0) is 12.8 Å². The third-order valence-corrected chi connectivity index (χ3v) is 4.55. The highest BCUT2D eigenvalue weighted by Crippen LogP contribution is 2.27. The first-order valence-electron chi connectivity index (χ1n) is 8.18. The van der Waals surface area contributed by atoms with E-state index >= 15 is 0 Å². The predicted octanol–water partition coefficient (Wildman–Crippen LogP) is 2.78. The van der Waals surface area contributed by atoms with E-state index in [2.05, 4.69) is 16.7 Å². The van der Waals surface area contributed by atoms with E-state index < -0.39 is 0 Å². The maximum Gasteiger partial charge on any atom is 0.251 e. The van der Waals surface area contributed by atoms with E-state index in [1.807, 2.05) is 36.4 Å². The Morgan fingerprint density at radius 1 is 1.17 bits per heavy atom. The lowest BCUT2D eigenvalue weighted by atomic mass is 9.96. The summed E-state index contributed by atoms with van der Waals surface area (Å²) in [7, 11) is 0. The van der Waals surface area contributed by atoms with Crippen molar-refractivity contribution in [2.24, 2.45) is 0 Å². The largest absolute Gasteiger partial charge is 0.491 e. The molecule has 2 N–H and O–H groups in total. The molecule has 0 radical (unpaired) electrons. The van der Waals surface area contributed by atoms with Crippen molar-refractivity contribution in [1.29, 1.82) is 0 Å². The standard InChI is InChI=1S/C19H20N2O2/c22-19(16-6-3-8-17-15(16)7-4-10-20-17)21-14-11-13-5-1-2-9-18(13)23-12-14/h1-3,5-6,8-9,14,20H,4,7,10-12H2,(H,21,22). The lowest BCUT2D eigenvalue weighted by molar-refractivity contribution is 0.0914. The minimum Gasteiger partial charge on any atom is -0.491 e. The first-order valence-corrected chi connectivity index (χ1v) is 8.18. The molecule has 4 rings (SSSR count). The fourth-order valence-corrected chi connectivity index (χ4v) is 3.41. The summed E-state index contributed by atoms with van der Waals surface area (Å²) in [6, 6.07) is 13.9. The van der Waals surface area contributed by atoms with Gasteiger partial charge in [0.05, 0.1) is 6.04 Å². The van der Waals surface area contributed by atoms with Gasteiger partial charge in [-0.2, -0.15) is 0 Å². The van der Waals surface area contributed by atoms with Gasteiger partial charge >= 0.3 is 0 Å². The van der Waals surface area contributed by atoms with E-state index in [1.54, 1.807) is 0 Å². The SMILES string of the molecule is O=C(NC1COc2ccccc2C1)c1cccc2c1CCCN2. The van der Waals surface area contributed by atoms with Gasteiger partial charge < -0.3 is 15.4 Å². The minimum atomic E-state index is -0.00136. The van der Waals surface area contributed by atoms with Crippen LogP contribution in [0.4, 0.5) is 5.69 Å². The van der Waals surface area contributed by atoms with Gasteiger partial charge in [-0.25, -0.2) is 0 Å². The molecule has 23 heavy (non-hydrogen) atoms. The number of fused-ring (bicyclic) bond motifs is 2. The number of para-hydroxylation sites is 1. The molecule has 0 aliphatic carbocycles. The molecule has 2 aromatic rings. The lowest BCUT2D eigenvalue weighted by Crippen LogP contribution is -2.43. The molecule has 1 amide bonds. The zero-order valence-electron chi connectivity index (χ0n) is 13.0. The number of hydrogen-bond acceptors (Lipinski definition) is 3. The first-order chi connectivity index (χ1) is 11.3. The number of nitrogens with one attached hydrogen (secondary N) is 2. The fourth-order valence-electron chi connectivity index (χ4n) is 3.41. The summed E-state index contributed by atoms with van der Waals surface area (Å²) in [5.41, 5.74) is 4.16. The zero-order chi connectivity index (χ0) is 15.6. The summed E-state index contributed by atoms with van der Waals surface area (Å²) < 4.78 is 5.76. The molecule has 0 spiro atoms. The molecule has 0 saturated carbocycles. The van der Waals surface area contributed by atoms with Crippen molar-refractivity contribution >= 4 is 11.6 Å². The molecule has 118 valence electrons. The van der Waals surface area contributed by atoms with Crippen LogP contribution in [0.15, 0.2) is 42.5 Å². The Kier molecular flexibility index (Phi) is 3.66. The van der Waals surface area contributed by atoms with Gasteiger partial charge in [0.15, 0.2) is 0 Å². The Morgan fingerprint density at radius 3 is 3.04 bits per heavy atom. The van der Waals surface area contributed by atoms with Crippen molar-refractivity contribution < 1.29 is 9.53 Å². The summed E-state index contributed by atoms with van der Waals surface area (Å²) in [6.45, 7) is 1.50. The highest BCUT2D eigenvalue weighted by molar-refractivity contribution is 5.97. The van der Waals surface area contributed by atoms with Crippen molar-refractivity contribution in [1.82, 2.24) is 5.32 Å². The predicted molar refractivity (Wildman–Crippen MR) is 90.1 cm³/mol. The van der Waals surface area contributed by atoms with Crippen LogP contribution in [0.5, 0.6) is 5.75 Å². The summed E-state index contributed by atoms with van der Waals surface area (Å²) in [6.07, 6.45) is 2.84. The smallest absolute Gasteiger partial charge is 0.251 e. The van der Waals surface area contributed by atoms with Crippen LogP contribution < -0.4 is 15.4 Å². The minimum absolute atomic E-state index is 0.00136. The summed E-state index contributed by atoms with van der Waals surface area (Å²) in [5, 5.41) is 6.50. The van der Waals surface area contributed by atoms with Crippen LogP contribution >= 0.6 is 0 Å². The third-order valence-electron chi connectivity index (χ3n) is 4.55. The maximum atomic E-state index is 12.7. The van der Waals surface area contributed by atoms with Crippen LogP contribution in [0.25, 0.3) is 0 Å².